The Morgan fingerprint density at radius 1 is 0.958 bits per heavy atom. The van der Waals surface area contributed by atoms with E-state index < -0.39 is 5.41 Å². The predicted octanol–water partition coefficient (Wildman–Crippen LogP) is 6.23. The highest BCUT2D eigenvalue weighted by Crippen LogP contribution is 2.52. The Morgan fingerprint density at radius 2 is 1.46 bits per heavy atom. The summed E-state index contributed by atoms with van der Waals surface area (Å²) in [5, 5.41) is 1.22. The van der Waals surface area contributed by atoms with Gasteiger partial charge in [0.25, 0.3) is 0 Å². The molecule has 1 heterocycles. The van der Waals surface area contributed by atoms with Gasteiger partial charge in [-0.3, -0.25) is 4.79 Å². The fraction of sp³-hybridized carbons (Fsp3) is 0.316. The van der Waals surface area contributed by atoms with Crippen molar-refractivity contribution >= 4 is 40.8 Å². The fourth-order valence-corrected chi connectivity index (χ4v) is 4.40. The van der Waals surface area contributed by atoms with Crippen LogP contribution in [0.15, 0.2) is 48.5 Å². The maximum Gasteiger partial charge on any atom is 0.142 e. The lowest BCUT2D eigenvalue weighted by atomic mass is 9.71. The van der Waals surface area contributed by atoms with Crippen LogP contribution in [0.2, 0.25) is 10.0 Å². The van der Waals surface area contributed by atoms with Crippen LogP contribution in [0, 0.1) is 5.41 Å². The maximum absolute atomic E-state index is 12.9. The first-order chi connectivity index (χ1) is 11.3. The third-order valence-corrected chi connectivity index (χ3v) is 5.91. The van der Waals surface area contributed by atoms with Gasteiger partial charge in [0.05, 0.1) is 12.1 Å². The number of piperidine rings is 1. The molecule has 0 amide bonds. The van der Waals surface area contributed by atoms with Crippen LogP contribution in [-0.4, -0.2) is 10.2 Å². The molecule has 1 saturated heterocycles. The first kappa shape index (κ1) is 17.8. The van der Waals surface area contributed by atoms with E-state index in [2.05, 4.69) is 0 Å². The highest BCUT2D eigenvalue weighted by Gasteiger charge is 2.49. The van der Waals surface area contributed by atoms with Gasteiger partial charge in [-0.2, -0.15) is 0 Å². The first-order valence-electron chi connectivity index (χ1n) is 7.80. The molecule has 2 aromatic rings. The molecule has 2 atom stereocenters. The van der Waals surface area contributed by atoms with E-state index in [1.807, 2.05) is 62.4 Å². The van der Waals surface area contributed by atoms with E-state index in [-0.39, 0.29) is 17.9 Å². The van der Waals surface area contributed by atoms with Gasteiger partial charge >= 0.3 is 0 Å². The number of carbonyl (C=O) groups excluding carboxylic acids is 1. The van der Waals surface area contributed by atoms with E-state index in [1.54, 1.807) is 4.42 Å². The first-order valence-corrected chi connectivity index (χ1v) is 8.89. The molecule has 0 aromatic heterocycles. The van der Waals surface area contributed by atoms with Gasteiger partial charge < -0.3 is 0 Å². The average Bonchev–Trinajstić information content (AvgIpc) is 2.54. The third kappa shape index (κ3) is 2.97. The minimum Gasteiger partial charge on any atom is -0.299 e. The number of Topliss-reactive ketones (excluding diaryl/α,β-unsaturated/α-hetero) is 1. The third-order valence-electron chi connectivity index (χ3n) is 4.79. The number of nitrogens with zero attached hydrogens (tertiary/aromatic N) is 1. The molecular formula is C19H18Cl3NO. The minimum absolute atomic E-state index is 0.147. The zero-order chi connectivity index (χ0) is 17.5. The summed E-state index contributed by atoms with van der Waals surface area (Å²) < 4.78 is 1.71. The van der Waals surface area contributed by atoms with E-state index in [1.165, 1.54) is 0 Å². The fourth-order valence-electron chi connectivity index (χ4n) is 3.37. The molecule has 1 aliphatic rings. The zero-order valence-corrected chi connectivity index (χ0v) is 15.7. The van der Waals surface area contributed by atoms with Crippen LogP contribution in [0.3, 0.4) is 0 Å². The number of benzene rings is 2. The molecule has 5 heteroatoms. The van der Waals surface area contributed by atoms with Crippen molar-refractivity contribution < 1.29 is 4.79 Å². The van der Waals surface area contributed by atoms with Crippen molar-refractivity contribution in [1.29, 1.82) is 0 Å². The Kier molecular flexibility index (Phi) is 4.94. The topological polar surface area (TPSA) is 20.3 Å². The van der Waals surface area contributed by atoms with Gasteiger partial charge in [-0.15, -0.1) is 0 Å². The molecule has 0 spiro atoms. The largest absolute Gasteiger partial charge is 0.299 e. The highest BCUT2D eigenvalue weighted by atomic mass is 35.5. The number of hydrogen-bond acceptors (Lipinski definition) is 2. The molecule has 0 aliphatic carbocycles. The Balaban J connectivity index is 2.11. The molecule has 126 valence electrons. The predicted molar refractivity (Wildman–Crippen MR) is 99.5 cm³/mol. The molecule has 2 unspecified atom stereocenters. The second-order valence-electron chi connectivity index (χ2n) is 6.65. The summed E-state index contributed by atoms with van der Waals surface area (Å²) in [6, 6.07) is 14.4. The Bertz CT molecular complexity index is 775. The molecule has 2 nitrogen and oxygen atoms in total. The quantitative estimate of drug-likeness (QED) is 0.574. The summed E-state index contributed by atoms with van der Waals surface area (Å²) >= 11 is 19.5. The van der Waals surface area contributed by atoms with Crippen LogP contribution in [-0.2, 0) is 4.79 Å². The van der Waals surface area contributed by atoms with Crippen molar-refractivity contribution in [3.05, 3.63) is 69.7 Å². The molecule has 24 heavy (non-hydrogen) atoms. The molecule has 1 aliphatic heterocycles. The van der Waals surface area contributed by atoms with Crippen molar-refractivity contribution in [2.45, 2.75) is 32.4 Å². The Morgan fingerprint density at radius 3 is 2.00 bits per heavy atom. The number of rotatable bonds is 2. The molecule has 0 radical (unpaired) electrons. The van der Waals surface area contributed by atoms with Crippen molar-refractivity contribution in [3.8, 4) is 0 Å². The van der Waals surface area contributed by atoms with E-state index in [0.717, 1.165) is 11.1 Å². The highest BCUT2D eigenvalue weighted by molar-refractivity contribution is 6.32. The van der Waals surface area contributed by atoms with Crippen LogP contribution < -0.4 is 0 Å². The minimum atomic E-state index is -0.648. The maximum atomic E-state index is 12.9. The lowest BCUT2D eigenvalue weighted by Gasteiger charge is -2.46. The lowest BCUT2D eigenvalue weighted by Crippen LogP contribution is -2.46. The monoisotopic (exact) mass is 381 g/mol. The van der Waals surface area contributed by atoms with Gasteiger partial charge in [-0.05, 0) is 35.0 Å². The molecule has 1 fully saturated rings. The smallest absolute Gasteiger partial charge is 0.142 e. The summed E-state index contributed by atoms with van der Waals surface area (Å²) in [7, 11) is 0. The summed E-state index contributed by atoms with van der Waals surface area (Å²) in [5.74, 6) is 0.147. The van der Waals surface area contributed by atoms with Crippen molar-refractivity contribution in [2.75, 3.05) is 0 Å². The van der Waals surface area contributed by atoms with Gasteiger partial charge in [-0.1, -0.05) is 73.4 Å². The van der Waals surface area contributed by atoms with Crippen LogP contribution in [0.5, 0.6) is 0 Å². The van der Waals surface area contributed by atoms with Gasteiger partial charge in [0.1, 0.15) is 5.78 Å². The van der Waals surface area contributed by atoms with E-state index in [9.17, 15) is 4.79 Å². The molecule has 2 aromatic carbocycles. The Labute approximate surface area is 157 Å². The normalized spacial score (nSPS) is 24.1. The number of halogens is 3. The van der Waals surface area contributed by atoms with E-state index in [4.69, 9.17) is 35.0 Å². The summed E-state index contributed by atoms with van der Waals surface area (Å²) in [5.41, 5.74) is 1.06. The number of ketones is 1. The molecule has 0 N–H and O–H groups in total. The second kappa shape index (κ2) is 6.68. The van der Waals surface area contributed by atoms with Crippen LogP contribution >= 0.6 is 35.0 Å². The molecule has 0 saturated carbocycles. The second-order valence-corrected chi connectivity index (χ2v) is 7.86. The number of hydrogen-bond donors (Lipinski definition) is 0. The van der Waals surface area contributed by atoms with E-state index in [0.29, 0.717) is 16.5 Å². The molecule has 0 bridgehead atoms. The van der Waals surface area contributed by atoms with Crippen LogP contribution in [0.25, 0.3) is 0 Å². The van der Waals surface area contributed by atoms with Gasteiger partial charge in [0.15, 0.2) is 0 Å². The summed E-state index contributed by atoms with van der Waals surface area (Å²) in [6.07, 6.45) is 0.321. The summed E-state index contributed by atoms with van der Waals surface area (Å²) in [4.78, 5) is 12.9. The van der Waals surface area contributed by atoms with Crippen LogP contribution in [0.4, 0.5) is 0 Å². The average molecular weight is 383 g/mol. The van der Waals surface area contributed by atoms with Crippen LogP contribution in [0.1, 0.15) is 43.5 Å². The molecule has 3 rings (SSSR count). The standard InChI is InChI=1S/C19H18Cl3NO/c1-19(2)17(24)11-16(12-7-3-5-9-14(12)20)23(22)18(19)13-8-4-6-10-15(13)21/h3-10,16,18H,11H2,1-2H3. The van der Waals surface area contributed by atoms with Crippen molar-refractivity contribution in [3.63, 3.8) is 0 Å². The summed E-state index contributed by atoms with van der Waals surface area (Å²) in [6.45, 7) is 3.84. The van der Waals surface area contributed by atoms with E-state index >= 15 is 0 Å². The van der Waals surface area contributed by atoms with Gasteiger partial charge in [-0.25, -0.2) is 4.42 Å². The van der Waals surface area contributed by atoms with Crippen molar-refractivity contribution in [2.24, 2.45) is 5.41 Å². The van der Waals surface area contributed by atoms with Gasteiger partial charge in [0.2, 0.25) is 0 Å². The SMILES string of the molecule is CC1(C)C(=O)CC(c2ccccc2Cl)N(Cl)C1c1ccccc1Cl. The number of carbonyl (C=O) groups is 1. The zero-order valence-electron chi connectivity index (χ0n) is 13.5. The lowest BCUT2D eigenvalue weighted by molar-refractivity contribution is -0.136. The Hall–Kier alpha value is -1.06. The molecular weight excluding hydrogens is 365 g/mol. The van der Waals surface area contributed by atoms with Crippen molar-refractivity contribution in [1.82, 2.24) is 4.42 Å². The van der Waals surface area contributed by atoms with Gasteiger partial charge in [0, 0.05) is 21.9 Å².